The molecule has 1 aromatic heterocycles. The third-order valence-electron chi connectivity index (χ3n) is 3.09. The first kappa shape index (κ1) is 13.8. The molecule has 106 valence electrons. The average molecular weight is 278 g/mol. The maximum Gasteiger partial charge on any atom is 0.330 e. The Morgan fingerprint density at radius 1 is 1.53 bits per heavy atom. The molecule has 1 saturated heterocycles. The van der Waals surface area contributed by atoms with E-state index >= 15 is 0 Å². The van der Waals surface area contributed by atoms with Crippen LogP contribution in [0.15, 0.2) is 21.9 Å². The first-order chi connectivity index (χ1) is 8.95. The number of nitrogens with one attached hydrogen (secondary N) is 1. The van der Waals surface area contributed by atoms with Gasteiger partial charge in [-0.2, -0.15) is 0 Å². The van der Waals surface area contributed by atoms with Crippen LogP contribution in [-0.4, -0.2) is 50.9 Å². The van der Waals surface area contributed by atoms with Gasteiger partial charge in [0.25, 0.3) is 5.56 Å². The summed E-state index contributed by atoms with van der Waals surface area (Å²) in [5.74, 6) is 0. The Labute approximate surface area is 105 Å². The Morgan fingerprint density at radius 3 is 2.68 bits per heavy atom. The van der Waals surface area contributed by atoms with Gasteiger partial charge in [-0.25, -0.2) is 13.6 Å². The second-order valence-corrected chi connectivity index (χ2v) is 4.27. The summed E-state index contributed by atoms with van der Waals surface area (Å²) in [6.45, 7) is -2.26. The highest BCUT2D eigenvalue weighted by molar-refractivity contribution is 5.02. The van der Waals surface area contributed by atoms with Crippen molar-refractivity contribution >= 4 is 0 Å². The number of halogens is 2. The molecular weight excluding hydrogens is 266 g/mol. The first-order valence-corrected chi connectivity index (χ1v) is 5.43. The summed E-state index contributed by atoms with van der Waals surface area (Å²) in [6.07, 6.45) is -4.70. The number of H-pyrrole nitrogens is 1. The van der Waals surface area contributed by atoms with Crippen molar-refractivity contribution in [1.29, 1.82) is 0 Å². The van der Waals surface area contributed by atoms with Gasteiger partial charge in [-0.05, 0) is 0 Å². The third-order valence-corrected chi connectivity index (χ3v) is 3.09. The molecule has 0 spiro atoms. The van der Waals surface area contributed by atoms with Crippen LogP contribution in [0.1, 0.15) is 6.23 Å². The van der Waals surface area contributed by atoms with Gasteiger partial charge in [-0.3, -0.25) is 14.3 Å². The highest BCUT2D eigenvalue weighted by Gasteiger charge is 2.56. The van der Waals surface area contributed by atoms with Crippen LogP contribution in [0, 0.1) is 0 Å². The molecule has 3 N–H and O–H groups in total. The van der Waals surface area contributed by atoms with Gasteiger partial charge in [0.15, 0.2) is 18.0 Å². The molecule has 0 saturated carbocycles. The van der Waals surface area contributed by atoms with E-state index in [1.807, 2.05) is 4.98 Å². The molecule has 0 bridgehead atoms. The zero-order valence-corrected chi connectivity index (χ0v) is 9.62. The normalized spacial score (nSPS) is 34.6. The number of aromatic amines is 1. The standard InChI is InChI=1S/C10H12F2N2O5/c11-3-10(4-15)7(17)6(12)8(19-10)14-2-1-5(16)13-9(14)18/h1-2,6-8,15,17H,3-4H2,(H,13,16,18). The predicted molar refractivity (Wildman–Crippen MR) is 58.1 cm³/mol. The number of ether oxygens (including phenoxy) is 1. The van der Waals surface area contributed by atoms with E-state index in [0.29, 0.717) is 4.57 Å². The van der Waals surface area contributed by atoms with Gasteiger partial charge in [-0.15, -0.1) is 0 Å². The number of rotatable bonds is 3. The van der Waals surface area contributed by atoms with Crippen molar-refractivity contribution in [2.45, 2.75) is 24.1 Å². The highest BCUT2D eigenvalue weighted by atomic mass is 19.1. The van der Waals surface area contributed by atoms with Crippen LogP contribution in [0.2, 0.25) is 0 Å². The van der Waals surface area contributed by atoms with E-state index < -0.39 is 48.6 Å². The topological polar surface area (TPSA) is 105 Å². The molecule has 0 aromatic carbocycles. The van der Waals surface area contributed by atoms with E-state index in [4.69, 9.17) is 9.84 Å². The summed E-state index contributed by atoms with van der Waals surface area (Å²) < 4.78 is 32.4. The van der Waals surface area contributed by atoms with Crippen LogP contribution in [0.5, 0.6) is 0 Å². The number of hydrogen-bond acceptors (Lipinski definition) is 5. The Balaban J connectivity index is 2.42. The SMILES string of the molecule is O=c1ccn(C2OC(CO)(CF)C(O)C2F)c(=O)[nH]1. The lowest BCUT2D eigenvalue weighted by atomic mass is 9.98. The van der Waals surface area contributed by atoms with E-state index in [2.05, 4.69) is 0 Å². The minimum atomic E-state index is -2.12. The number of alkyl halides is 2. The smallest absolute Gasteiger partial charge is 0.330 e. The predicted octanol–water partition coefficient (Wildman–Crippen LogP) is -1.53. The molecule has 4 unspecified atom stereocenters. The number of aromatic nitrogens is 2. The number of aliphatic hydroxyl groups is 2. The van der Waals surface area contributed by atoms with E-state index in [9.17, 15) is 23.5 Å². The quantitative estimate of drug-likeness (QED) is 0.622. The van der Waals surface area contributed by atoms with Crippen molar-refractivity contribution in [3.8, 4) is 0 Å². The number of hydrogen-bond donors (Lipinski definition) is 3. The van der Waals surface area contributed by atoms with Crippen LogP contribution >= 0.6 is 0 Å². The Morgan fingerprint density at radius 2 is 2.21 bits per heavy atom. The van der Waals surface area contributed by atoms with Crippen molar-refractivity contribution in [1.82, 2.24) is 9.55 Å². The van der Waals surface area contributed by atoms with E-state index in [-0.39, 0.29) is 0 Å². The molecule has 19 heavy (non-hydrogen) atoms. The minimum Gasteiger partial charge on any atom is -0.393 e. The number of nitrogens with zero attached hydrogens (tertiary/aromatic N) is 1. The second kappa shape index (κ2) is 4.83. The molecule has 1 aliphatic rings. The molecule has 9 heteroatoms. The third kappa shape index (κ3) is 2.09. The van der Waals surface area contributed by atoms with Crippen LogP contribution in [0.3, 0.4) is 0 Å². The molecular formula is C10H12F2N2O5. The molecule has 0 radical (unpaired) electrons. The van der Waals surface area contributed by atoms with Gasteiger partial charge >= 0.3 is 5.69 Å². The van der Waals surface area contributed by atoms with Gasteiger partial charge in [-0.1, -0.05) is 0 Å². The van der Waals surface area contributed by atoms with Crippen molar-refractivity contribution in [3.63, 3.8) is 0 Å². The van der Waals surface area contributed by atoms with Crippen LogP contribution in [0.25, 0.3) is 0 Å². The van der Waals surface area contributed by atoms with Crippen LogP contribution < -0.4 is 11.2 Å². The molecule has 0 aliphatic carbocycles. The van der Waals surface area contributed by atoms with Gasteiger partial charge in [0.1, 0.15) is 12.8 Å². The van der Waals surface area contributed by atoms with Gasteiger partial charge in [0, 0.05) is 12.3 Å². The maximum atomic E-state index is 13.9. The fraction of sp³-hybridized carbons (Fsp3) is 0.600. The van der Waals surface area contributed by atoms with Gasteiger partial charge in [0.2, 0.25) is 0 Å². The van der Waals surface area contributed by atoms with Crippen molar-refractivity contribution < 1.29 is 23.7 Å². The van der Waals surface area contributed by atoms with E-state index in [1.54, 1.807) is 0 Å². The summed E-state index contributed by atoms with van der Waals surface area (Å²) in [7, 11) is 0. The highest BCUT2D eigenvalue weighted by Crippen LogP contribution is 2.38. The summed E-state index contributed by atoms with van der Waals surface area (Å²) in [5, 5.41) is 18.6. The number of aliphatic hydroxyl groups excluding tert-OH is 2. The van der Waals surface area contributed by atoms with Crippen molar-refractivity contribution in [2.24, 2.45) is 0 Å². The fourth-order valence-electron chi connectivity index (χ4n) is 1.94. The molecule has 1 aromatic rings. The lowest BCUT2D eigenvalue weighted by Gasteiger charge is -2.25. The minimum absolute atomic E-state index is 0.683. The molecule has 0 amide bonds. The van der Waals surface area contributed by atoms with E-state index in [0.717, 1.165) is 12.3 Å². The monoisotopic (exact) mass is 278 g/mol. The summed E-state index contributed by atoms with van der Waals surface area (Å²) >= 11 is 0. The zero-order chi connectivity index (χ0) is 14.2. The average Bonchev–Trinajstić information content (AvgIpc) is 2.64. The molecule has 2 heterocycles. The summed E-state index contributed by atoms with van der Waals surface area (Å²) in [5.41, 5.74) is -3.76. The Bertz CT molecular complexity index is 568. The molecule has 4 atom stereocenters. The Kier molecular flexibility index (Phi) is 3.52. The lowest BCUT2D eigenvalue weighted by Crippen LogP contribution is -2.47. The van der Waals surface area contributed by atoms with Crippen molar-refractivity contribution in [2.75, 3.05) is 13.3 Å². The molecule has 1 aliphatic heterocycles. The Hall–Kier alpha value is -1.58. The zero-order valence-electron chi connectivity index (χ0n) is 9.62. The first-order valence-electron chi connectivity index (χ1n) is 5.43. The molecule has 1 fully saturated rings. The van der Waals surface area contributed by atoms with E-state index in [1.165, 1.54) is 0 Å². The summed E-state index contributed by atoms with van der Waals surface area (Å²) in [4.78, 5) is 24.3. The van der Waals surface area contributed by atoms with Gasteiger partial charge < -0.3 is 14.9 Å². The fourth-order valence-corrected chi connectivity index (χ4v) is 1.94. The van der Waals surface area contributed by atoms with Gasteiger partial charge in [0.05, 0.1) is 6.61 Å². The van der Waals surface area contributed by atoms with Crippen LogP contribution in [0.4, 0.5) is 8.78 Å². The second-order valence-electron chi connectivity index (χ2n) is 4.27. The maximum absolute atomic E-state index is 13.9. The summed E-state index contributed by atoms with van der Waals surface area (Å²) in [6, 6.07) is 0.957. The lowest BCUT2D eigenvalue weighted by molar-refractivity contribution is -0.138. The van der Waals surface area contributed by atoms with Crippen molar-refractivity contribution in [3.05, 3.63) is 33.1 Å². The molecule has 7 nitrogen and oxygen atoms in total. The van der Waals surface area contributed by atoms with Crippen LogP contribution in [-0.2, 0) is 4.74 Å². The molecule has 2 rings (SSSR count). The largest absolute Gasteiger partial charge is 0.393 e.